The second kappa shape index (κ2) is 8.74. The number of sulfonamides is 1. The Bertz CT molecular complexity index is 1020. The molecule has 0 amide bonds. The summed E-state index contributed by atoms with van der Waals surface area (Å²) in [6.45, 7) is 2.06. The first-order chi connectivity index (χ1) is 14.5. The predicted octanol–water partition coefficient (Wildman–Crippen LogP) is 4.54. The highest BCUT2D eigenvalue weighted by atomic mass is 32.2. The molecule has 0 N–H and O–H groups in total. The lowest BCUT2D eigenvalue weighted by atomic mass is 9.97. The molecule has 5 nitrogen and oxygen atoms in total. The molecule has 2 aromatic rings. The van der Waals surface area contributed by atoms with Crippen LogP contribution in [-0.4, -0.2) is 31.3 Å². The molecule has 0 aromatic heterocycles. The molecule has 1 atom stereocenters. The molecule has 4 rings (SSSR count). The molecule has 1 aliphatic carbocycles. The lowest BCUT2D eigenvalue weighted by molar-refractivity contribution is -0.146. The van der Waals surface area contributed by atoms with Gasteiger partial charge in [-0.15, -0.1) is 0 Å². The van der Waals surface area contributed by atoms with Gasteiger partial charge in [0.2, 0.25) is 10.0 Å². The summed E-state index contributed by atoms with van der Waals surface area (Å²) in [6.07, 6.45) is 6.67. The number of carbonyl (C=O) groups excluding carboxylic acids is 1. The summed E-state index contributed by atoms with van der Waals surface area (Å²) in [7, 11) is -3.78. The maximum absolute atomic E-state index is 13.4. The molecule has 2 aromatic carbocycles. The number of rotatable bonds is 5. The fourth-order valence-electron chi connectivity index (χ4n) is 4.22. The minimum Gasteiger partial charge on any atom is -0.459 e. The Balaban J connectivity index is 1.65. The third-order valence-corrected chi connectivity index (χ3v) is 7.72. The molecule has 1 aliphatic heterocycles. The standard InChI is InChI=1S/C24H27NO4S/c1-18-12-14-21(15-13-18)30(27,28)25-17-16-22(23(25)19-8-4-2-5-9-19)24(26)29-20-10-6-3-7-11-20/h2,4-5,8-9,12-16,20,23H,3,6-7,10-11,17H2,1H3/t23-/m1/s1. The van der Waals surface area contributed by atoms with Crippen LogP contribution in [0, 0.1) is 6.92 Å². The van der Waals surface area contributed by atoms with Gasteiger partial charge in [-0.3, -0.25) is 0 Å². The average molecular weight is 426 g/mol. The zero-order valence-corrected chi connectivity index (χ0v) is 18.0. The van der Waals surface area contributed by atoms with Crippen LogP contribution >= 0.6 is 0 Å². The second-order valence-electron chi connectivity index (χ2n) is 8.03. The molecule has 1 fully saturated rings. The van der Waals surface area contributed by atoms with Gasteiger partial charge in [0.05, 0.1) is 16.5 Å². The van der Waals surface area contributed by atoms with Gasteiger partial charge >= 0.3 is 5.97 Å². The van der Waals surface area contributed by atoms with Crippen molar-refractivity contribution in [2.45, 2.75) is 56.1 Å². The Morgan fingerprint density at radius 2 is 1.63 bits per heavy atom. The van der Waals surface area contributed by atoms with E-state index in [1.807, 2.05) is 37.3 Å². The van der Waals surface area contributed by atoms with E-state index < -0.39 is 22.0 Å². The lowest BCUT2D eigenvalue weighted by Gasteiger charge is -2.28. The van der Waals surface area contributed by atoms with Crippen LogP contribution in [0.1, 0.15) is 49.3 Å². The molecule has 0 radical (unpaired) electrons. The van der Waals surface area contributed by atoms with Crippen molar-refractivity contribution in [2.75, 3.05) is 6.54 Å². The molecule has 0 saturated heterocycles. The lowest BCUT2D eigenvalue weighted by Crippen LogP contribution is -2.34. The van der Waals surface area contributed by atoms with Gasteiger partial charge in [0.1, 0.15) is 6.10 Å². The van der Waals surface area contributed by atoms with Gasteiger partial charge in [-0.05, 0) is 50.3 Å². The number of benzene rings is 2. The Labute approximate surface area is 178 Å². The monoisotopic (exact) mass is 425 g/mol. The SMILES string of the molecule is Cc1ccc(S(=O)(=O)N2CC=C(C(=O)OC3CCCCC3)[C@H]2c2ccccc2)cc1. The van der Waals surface area contributed by atoms with Gasteiger partial charge in [-0.1, -0.05) is 60.5 Å². The zero-order chi connectivity index (χ0) is 21.1. The topological polar surface area (TPSA) is 63.7 Å². The third kappa shape index (κ3) is 4.20. The molecule has 30 heavy (non-hydrogen) atoms. The summed E-state index contributed by atoms with van der Waals surface area (Å²) < 4.78 is 34.0. The largest absolute Gasteiger partial charge is 0.459 e. The van der Waals surface area contributed by atoms with Crippen molar-refractivity contribution in [2.24, 2.45) is 0 Å². The number of esters is 1. The van der Waals surface area contributed by atoms with Crippen molar-refractivity contribution in [3.05, 3.63) is 77.4 Å². The van der Waals surface area contributed by atoms with Crippen molar-refractivity contribution >= 4 is 16.0 Å². The summed E-state index contributed by atoms with van der Waals surface area (Å²) in [5.74, 6) is -0.405. The number of aryl methyl sites for hydroxylation is 1. The fourth-order valence-corrected chi connectivity index (χ4v) is 5.76. The van der Waals surface area contributed by atoms with Crippen LogP contribution in [0.25, 0.3) is 0 Å². The molecule has 0 bridgehead atoms. The summed E-state index contributed by atoms with van der Waals surface area (Å²) >= 11 is 0. The number of hydrogen-bond donors (Lipinski definition) is 0. The van der Waals surface area contributed by atoms with Gasteiger partial charge < -0.3 is 4.74 Å². The summed E-state index contributed by atoms with van der Waals surface area (Å²) in [4.78, 5) is 13.3. The van der Waals surface area contributed by atoms with Crippen LogP contribution in [0.15, 0.2) is 71.1 Å². The highest BCUT2D eigenvalue weighted by Crippen LogP contribution is 2.38. The first kappa shape index (κ1) is 20.8. The first-order valence-corrected chi connectivity index (χ1v) is 12.0. The van der Waals surface area contributed by atoms with Crippen LogP contribution < -0.4 is 0 Å². The van der Waals surface area contributed by atoms with E-state index >= 15 is 0 Å². The maximum atomic E-state index is 13.4. The minimum atomic E-state index is -3.78. The summed E-state index contributed by atoms with van der Waals surface area (Å²) in [5.41, 5.74) is 2.16. The average Bonchev–Trinajstić information content (AvgIpc) is 3.22. The van der Waals surface area contributed by atoms with Crippen molar-refractivity contribution in [1.29, 1.82) is 0 Å². The van der Waals surface area contributed by atoms with E-state index in [-0.39, 0.29) is 17.5 Å². The van der Waals surface area contributed by atoms with Crippen molar-refractivity contribution in [3.8, 4) is 0 Å². The van der Waals surface area contributed by atoms with Gasteiger partial charge in [0, 0.05) is 6.54 Å². The van der Waals surface area contributed by atoms with Crippen LogP contribution in [0.2, 0.25) is 0 Å². The van der Waals surface area contributed by atoms with E-state index in [9.17, 15) is 13.2 Å². The second-order valence-corrected chi connectivity index (χ2v) is 9.92. The van der Waals surface area contributed by atoms with Crippen molar-refractivity contribution in [3.63, 3.8) is 0 Å². The Kier molecular flexibility index (Phi) is 6.06. The Hall–Kier alpha value is -2.44. The number of ether oxygens (including phenoxy) is 1. The first-order valence-electron chi connectivity index (χ1n) is 10.5. The molecule has 2 aliphatic rings. The Morgan fingerprint density at radius 1 is 0.967 bits per heavy atom. The third-order valence-electron chi connectivity index (χ3n) is 5.88. The van der Waals surface area contributed by atoms with E-state index in [0.29, 0.717) is 5.57 Å². The number of carbonyl (C=O) groups is 1. The molecular formula is C24H27NO4S. The molecule has 0 unspecified atom stereocenters. The van der Waals surface area contributed by atoms with Crippen LogP contribution in [0.4, 0.5) is 0 Å². The van der Waals surface area contributed by atoms with Crippen molar-refractivity contribution in [1.82, 2.24) is 4.31 Å². The highest BCUT2D eigenvalue weighted by Gasteiger charge is 2.41. The van der Waals surface area contributed by atoms with E-state index in [4.69, 9.17) is 4.74 Å². The molecule has 158 valence electrons. The van der Waals surface area contributed by atoms with E-state index in [1.54, 1.807) is 30.3 Å². The van der Waals surface area contributed by atoms with Crippen LogP contribution in [0.3, 0.4) is 0 Å². The van der Waals surface area contributed by atoms with Crippen LogP contribution in [-0.2, 0) is 19.6 Å². The molecular weight excluding hydrogens is 398 g/mol. The van der Waals surface area contributed by atoms with Crippen LogP contribution in [0.5, 0.6) is 0 Å². The molecule has 1 heterocycles. The minimum absolute atomic E-state index is 0.0775. The zero-order valence-electron chi connectivity index (χ0n) is 17.2. The van der Waals surface area contributed by atoms with Gasteiger partial charge in [-0.25, -0.2) is 13.2 Å². The predicted molar refractivity (Wildman–Crippen MR) is 115 cm³/mol. The van der Waals surface area contributed by atoms with E-state index in [0.717, 1.165) is 36.8 Å². The summed E-state index contributed by atoms with van der Waals surface area (Å²) in [6, 6.07) is 15.4. The molecule has 0 spiro atoms. The highest BCUT2D eigenvalue weighted by molar-refractivity contribution is 7.89. The van der Waals surface area contributed by atoms with E-state index in [1.165, 1.54) is 10.7 Å². The normalized spacial score (nSPS) is 20.7. The van der Waals surface area contributed by atoms with Gasteiger partial charge in [0.15, 0.2) is 0 Å². The van der Waals surface area contributed by atoms with Gasteiger partial charge in [-0.2, -0.15) is 4.31 Å². The molecule has 1 saturated carbocycles. The maximum Gasteiger partial charge on any atom is 0.336 e. The summed E-state index contributed by atoms with van der Waals surface area (Å²) in [5, 5.41) is 0. The quantitative estimate of drug-likeness (QED) is 0.660. The smallest absolute Gasteiger partial charge is 0.336 e. The Morgan fingerprint density at radius 3 is 2.30 bits per heavy atom. The van der Waals surface area contributed by atoms with E-state index in [2.05, 4.69) is 0 Å². The van der Waals surface area contributed by atoms with Gasteiger partial charge in [0.25, 0.3) is 0 Å². The number of hydrogen-bond acceptors (Lipinski definition) is 4. The van der Waals surface area contributed by atoms with Crippen molar-refractivity contribution < 1.29 is 17.9 Å². The number of nitrogens with zero attached hydrogens (tertiary/aromatic N) is 1. The molecule has 6 heteroatoms. The fraction of sp³-hybridized carbons (Fsp3) is 0.375.